The molecule has 0 saturated carbocycles. The number of nitrogens with one attached hydrogen (secondary N) is 1. The molecule has 0 unspecified atom stereocenters. The van der Waals surface area contributed by atoms with E-state index in [9.17, 15) is 9.59 Å². The number of allylic oxidation sites excluding steroid dienone is 4. The highest BCUT2D eigenvalue weighted by molar-refractivity contribution is 5.96. The van der Waals surface area contributed by atoms with Gasteiger partial charge in [-0.1, -0.05) is 72.3 Å². The molecule has 1 aliphatic heterocycles. The van der Waals surface area contributed by atoms with E-state index in [0.717, 1.165) is 37.0 Å². The fraction of sp³-hybridized carbons (Fsp3) is 0.222. The zero-order valence-electron chi connectivity index (χ0n) is 23.5. The van der Waals surface area contributed by atoms with Crippen LogP contribution in [0.5, 0.6) is 0 Å². The number of anilines is 1. The standard InChI is InChI=1S/C28H26N2O.C8H6N2O/c31-27-9-4-16-30(27)26-15-10-19(18-29-26)17-22-7-3-6-21-12-13-24-23-8-2-1-5-20(23)11-14-25(24)28(21)22;11-8-7-4-2-1-3-6(7)5-9-10-8/h2-3,6-8,10,12-13,15,18H,1,4-5,9,11,14,16-17H2;1-5H,(H,10,11). The molecule has 1 amide bonds. The Morgan fingerprint density at radius 3 is 2.57 bits per heavy atom. The van der Waals surface area contributed by atoms with Gasteiger partial charge in [0.15, 0.2) is 0 Å². The lowest BCUT2D eigenvalue weighted by Gasteiger charge is -2.26. The van der Waals surface area contributed by atoms with Gasteiger partial charge in [0.25, 0.3) is 5.56 Å². The number of carbonyl (C=O) groups excluding carboxylic acids is 1. The van der Waals surface area contributed by atoms with Crippen molar-refractivity contribution in [2.75, 3.05) is 11.4 Å². The molecule has 5 aromatic rings. The Balaban J connectivity index is 0.000000220. The van der Waals surface area contributed by atoms with Crippen molar-refractivity contribution in [2.45, 2.75) is 44.9 Å². The zero-order chi connectivity index (χ0) is 28.5. The summed E-state index contributed by atoms with van der Waals surface area (Å²) in [6.07, 6.45) is 15.4. The number of carbonyl (C=O) groups is 1. The van der Waals surface area contributed by atoms with Crippen LogP contribution in [0.4, 0.5) is 5.82 Å². The molecule has 3 heterocycles. The minimum atomic E-state index is -0.136. The molecule has 1 N–H and O–H groups in total. The second kappa shape index (κ2) is 11.2. The van der Waals surface area contributed by atoms with Crippen molar-refractivity contribution in [3.63, 3.8) is 0 Å². The summed E-state index contributed by atoms with van der Waals surface area (Å²) in [6.45, 7) is 0.785. The van der Waals surface area contributed by atoms with Gasteiger partial charge in [-0.2, -0.15) is 5.10 Å². The highest BCUT2D eigenvalue weighted by Gasteiger charge is 2.23. The van der Waals surface area contributed by atoms with Crippen molar-refractivity contribution < 1.29 is 4.79 Å². The zero-order valence-corrected chi connectivity index (χ0v) is 23.5. The van der Waals surface area contributed by atoms with Crippen LogP contribution in [0, 0.1) is 0 Å². The SMILES string of the molecule is O=C1CCCN1c1ccc(Cc2cccc3ccc4c(c23)CCC2=C4C=CCC2)cn1.O=c1[nH]ncc2ccccc12. The number of pyridine rings is 1. The molecule has 6 nitrogen and oxygen atoms in total. The maximum Gasteiger partial charge on any atom is 0.272 e. The predicted molar refractivity (Wildman–Crippen MR) is 169 cm³/mol. The Kier molecular flexibility index (Phi) is 6.96. The first-order valence-corrected chi connectivity index (χ1v) is 14.8. The van der Waals surface area contributed by atoms with Crippen molar-refractivity contribution in [3.05, 3.63) is 129 Å². The van der Waals surface area contributed by atoms with E-state index in [1.54, 1.807) is 22.7 Å². The molecular weight excluding hydrogens is 520 g/mol. The van der Waals surface area contributed by atoms with Crippen LogP contribution < -0.4 is 10.5 Å². The topological polar surface area (TPSA) is 79.0 Å². The van der Waals surface area contributed by atoms with E-state index >= 15 is 0 Å². The molecular formula is C36H32N4O2. The Hall–Kier alpha value is -4.84. The molecule has 2 aromatic heterocycles. The van der Waals surface area contributed by atoms with Crippen LogP contribution in [0.2, 0.25) is 0 Å². The molecule has 0 radical (unpaired) electrons. The minimum absolute atomic E-state index is 0.136. The maximum atomic E-state index is 12.0. The van der Waals surface area contributed by atoms with Crippen LogP contribution >= 0.6 is 0 Å². The van der Waals surface area contributed by atoms with Gasteiger partial charge in [-0.15, -0.1) is 0 Å². The molecule has 8 rings (SSSR count). The summed E-state index contributed by atoms with van der Waals surface area (Å²) in [5.41, 5.74) is 8.44. The van der Waals surface area contributed by atoms with E-state index in [2.05, 4.69) is 63.7 Å². The number of benzene rings is 3. The fourth-order valence-corrected chi connectivity index (χ4v) is 6.55. The summed E-state index contributed by atoms with van der Waals surface area (Å²) in [6, 6.07) is 22.8. The quantitative estimate of drug-likeness (QED) is 0.263. The molecule has 0 spiro atoms. The van der Waals surface area contributed by atoms with Crippen molar-refractivity contribution >= 4 is 38.8 Å². The molecule has 0 atom stereocenters. The molecule has 3 aliphatic rings. The van der Waals surface area contributed by atoms with Gasteiger partial charge < -0.3 is 0 Å². The molecule has 0 bridgehead atoms. The molecule has 2 aliphatic carbocycles. The fourth-order valence-electron chi connectivity index (χ4n) is 6.55. The van der Waals surface area contributed by atoms with Gasteiger partial charge in [0.05, 0.1) is 6.20 Å². The highest BCUT2D eigenvalue weighted by Crippen LogP contribution is 2.41. The lowest BCUT2D eigenvalue weighted by Crippen LogP contribution is -2.24. The highest BCUT2D eigenvalue weighted by atomic mass is 16.2. The number of aromatic nitrogens is 3. The third kappa shape index (κ3) is 4.94. The smallest absolute Gasteiger partial charge is 0.272 e. The summed E-state index contributed by atoms with van der Waals surface area (Å²) in [5.74, 6) is 0.969. The first-order valence-electron chi connectivity index (χ1n) is 14.8. The third-order valence-electron chi connectivity index (χ3n) is 8.61. The van der Waals surface area contributed by atoms with Crippen LogP contribution in [0.15, 0.2) is 102 Å². The van der Waals surface area contributed by atoms with Crippen molar-refractivity contribution in [3.8, 4) is 0 Å². The summed E-state index contributed by atoms with van der Waals surface area (Å²) in [7, 11) is 0. The second-order valence-electron chi connectivity index (χ2n) is 11.2. The summed E-state index contributed by atoms with van der Waals surface area (Å²) < 4.78 is 0. The lowest BCUT2D eigenvalue weighted by molar-refractivity contribution is -0.117. The van der Waals surface area contributed by atoms with Crippen LogP contribution in [0.1, 0.15) is 54.4 Å². The average molecular weight is 553 g/mol. The average Bonchev–Trinajstić information content (AvgIpc) is 3.47. The Labute approximate surface area is 244 Å². The van der Waals surface area contributed by atoms with E-state index < -0.39 is 0 Å². The molecule has 3 aromatic carbocycles. The van der Waals surface area contributed by atoms with E-state index in [1.807, 2.05) is 30.5 Å². The largest absolute Gasteiger partial charge is 0.297 e. The van der Waals surface area contributed by atoms with Crippen LogP contribution in [0.25, 0.3) is 27.1 Å². The molecule has 6 heteroatoms. The molecule has 42 heavy (non-hydrogen) atoms. The van der Waals surface area contributed by atoms with Crippen molar-refractivity contribution in [1.82, 2.24) is 15.2 Å². The van der Waals surface area contributed by atoms with E-state index in [0.29, 0.717) is 11.8 Å². The number of hydrogen-bond acceptors (Lipinski definition) is 4. The van der Waals surface area contributed by atoms with E-state index in [4.69, 9.17) is 0 Å². The van der Waals surface area contributed by atoms with Crippen LogP contribution in [-0.4, -0.2) is 27.6 Å². The van der Waals surface area contributed by atoms with Gasteiger partial charge in [-0.25, -0.2) is 10.1 Å². The van der Waals surface area contributed by atoms with Crippen molar-refractivity contribution in [2.24, 2.45) is 0 Å². The number of nitrogens with zero attached hydrogens (tertiary/aromatic N) is 3. The number of aromatic amines is 1. The number of fused-ring (bicyclic) bond motifs is 5. The van der Waals surface area contributed by atoms with Gasteiger partial charge in [-0.3, -0.25) is 14.5 Å². The number of rotatable bonds is 3. The molecule has 1 saturated heterocycles. The summed E-state index contributed by atoms with van der Waals surface area (Å²) >= 11 is 0. The normalized spacial score (nSPS) is 15.9. The second-order valence-corrected chi connectivity index (χ2v) is 11.2. The van der Waals surface area contributed by atoms with E-state index in [-0.39, 0.29) is 11.5 Å². The first-order chi connectivity index (χ1) is 20.7. The monoisotopic (exact) mass is 552 g/mol. The van der Waals surface area contributed by atoms with Crippen molar-refractivity contribution in [1.29, 1.82) is 0 Å². The number of amides is 1. The summed E-state index contributed by atoms with van der Waals surface area (Å²) in [5, 5.41) is 10.3. The molecule has 208 valence electrons. The number of H-pyrrole nitrogens is 1. The van der Waals surface area contributed by atoms with Crippen LogP contribution in [0.3, 0.4) is 0 Å². The van der Waals surface area contributed by atoms with Crippen LogP contribution in [-0.2, 0) is 17.6 Å². The van der Waals surface area contributed by atoms with Gasteiger partial charge >= 0.3 is 0 Å². The predicted octanol–water partition coefficient (Wildman–Crippen LogP) is 6.93. The van der Waals surface area contributed by atoms with E-state index in [1.165, 1.54) is 57.9 Å². The van der Waals surface area contributed by atoms with Gasteiger partial charge in [0.1, 0.15) is 5.82 Å². The molecule has 1 fully saturated rings. The van der Waals surface area contributed by atoms with Gasteiger partial charge in [0.2, 0.25) is 5.91 Å². The number of hydrogen-bond donors (Lipinski definition) is 1. The first kappa shape index (κ1) is 26.1. The minimum Gasteiger partial charge on any atom is -0.297 e. The summed E-state index contributed by atoms with van der Waals surface area (Å²) in [4.78, 5) is 29.5. The Morgan fingerprint density at radius 2 is 1.74 bits per heavy atom. The Morgan fingerprint density at radius 1 is 0.833 bits per heavy atom. The Bertz CT molecular complexity index is 1930. The third-order valence-corrected chi connectivity index (χ3v) is 8.61. The van der Waals surface area contributed by atoms with Gasteiger partial charge in [-0.05, 0) is 89.3 Å². The maximum absolute atomic E-state index is 12.0. The van der Waals surface area contributed by atoms with Gasteiger partial charge in [0, 0.05) is 29.9 Å². The number of aryl methyl sites for hydroxylation is 1. The lowest BCUT2D eigenvalue weighted by atomic mass is 9.78.